The van der Waals surface area contributed by atoms with Crippen LogP contribution in [0.25, 0.3) is 0 Å². The fourth-order valence-electron chi connectivity index (χ4n) is 1.77. The predicted molar refractivity (Wildman–Crippen MR) is 58.4 cm³/mol. The summed E-state index contributed by atoms with van der Waals surface area (Å²) in [5, 5.41) is 9.22. The molecule has 0 heterocycles. The zero-order valence-electron chi connectivity index (χ0n) is 7.36. The number of phenolic OH excluding ortho intramolecular Hbond substituents is 1. The van der Waals surface area contributed by atoms with Crippen molar-refractivity contribution in [1.29, 1.82) is 0 Å². The molecule has 72 valence electrons. The summed E-state index contributed by atoms with van der Waals surface area (Å²) in [5.74, 6) is 0.365. The second-order valence-corrected chi connectivity index (χ2v) is 3.46. The number of hydrogen-bond acceptors (Lipinski definition) is 2. The van der Waals surface area contributed by atoms with Crippen LogP contribution in [0.2, 0.25) is 0 Å². The Labute approximate surface area is 88.5 Å². The highest BCUT2D eigenvalue weighted by molar-refractivity contribution is 8.93. The van der Waals surface area contributed by atoms with Gasteiger partial charge in [-0.2, -0.15) is 0 Å². The van der Waals surface area contributed by atoms with E-state index in [1.165, 1.54) is 11.1 Å². The summed E-state index contributed by atoms with van der Waals surface area (Å²) in [6, 6.07) is 5.86. The van der Waals surface area contributed by atoms with E-state index in [2.05, 4.69) is 0 Å². The molecule has 0 fully saturated rings. The van der Waals surface area contributed by atoms with Gasteiger partial charge in [0.1, 0.15) is 5.75 Å². The molecule has 13 heavy (non-hydrogen) atoms. The molecule has 1 atom stereocenters. The van der Waals surface area contributed by atoms with Crippen LogP contribution in [-0.4, -0.2) is 11.1 Å². The molecule has 1 aromatic carbocycles. The van der Waals surface area contributed by atoms with Crippen LogP contribution in [0.3, 0.4) is 0 Å². The lowest BCUT2D eigenvalue weighted by Gasteiger charge is -2.21. The van der Waals surface area contributed by atoms with Gasteiger partial charge in [0.25, 0.3) is 0 Å². The first kappa shape index (κ1) is 10.5. The van der Waals surface area contributed by atoms with E-state index in [9.17, 15) is 5.11 Å². The minimum Gasteiger partial charge on any atom is -0.508 e. The van der Waals surface area contributed by atoms with Crippen molar-refractivity contribution in [3.8, 4) is 5.75 Å². The summed E-state index contributed by atoms with van der Waals surface area (Å²) in [5.41, 5.74) is 8.38. The maximum absolute atomic E-state index is 9.22. The maximum Gasteiger partial charge on any atom is 0.115 e. The van der Waals surface area contributed by atoms with Gasteiger partial charge >= 0.3 is 0 Å². The molecule has 1 aliphatic rings. The Morgan fingerprint density at radius 1 is 1.31 bits per heavy atom. The average Bonchev–Trinajstić information content (AvgIpc) is 2.05. The van der Waals surface area contributed by atoms with E-state index in [1.54, 1.807) is 6.07 Å². The zero-order chi connectivity index (χ0) is 8.55. The van der Waals surface area contributed by atoms with E-state index in [0.717, 1.165) is 19.3 Å². The summed E-state index contributed by atoms with van der Waals surface area (Å²) in [7, 11) is 0. The fraction of sp³-hybridized carbons (Fsp3) is 0.400. The van der Waals surface area contributed by atoms with Crippen LogP contribution in [0, 0.1) is 0 Å². The van der Waals surface area contributed by atoms with E-state index in [1.807, 2.05) is 12.1 Å². The highest BCUT2D eigenvalue weighted by Crippen LogP contribution is 2.23. The minimum atomic E-state index is 0. The van der Waals surface area contributed by atoms with E-state index in [0.29, 0.717) is 11.8 Å². The normalized spacial score (nSPS) is 20.2. The molecule has 2 nitrogen and oxygen atoms in total. The van der Waals surface area contributed by atoms with Crippen molar-refractivity contribution in [3.05, 3.63) is 29.3 Å². The Morgan fingerprint density at radius 3 is 2.85 bits per heavy atom. The van der Waals surface area contributed by atoms with Gasteiger partial charge in [0.2, 0.25) is 0 Å². The number of aromatic hydroxyl groups is 1. The van der Waals surface area contributed by atoms with Gasteiger partial charge in [0.05, 0.1) is 0 Å². The van der Waals surface area contributed by atoms with Crippen LogP contribution in [0.15, 0.2) is 18.2 Å². The standard InChI is InChI=1S/C10H13NO.BrH/c11-9-3-1-8-6-10(12)4-2-7(8)5-9;/h2,4,6,9,12H,1,3,5,11H2;1H. The third kappa shape index (κ3) is 2.23. The molecule has 0 bridgehead atoms. The minimum absolute atomic E-state index is 0. The number of halogens is 1. The van der Waals surface area contributed by atoms with Crippen LogP contribution >= 0.6 is 17.0 Å². The number of hydrogen-bond donors (Lipinski definition) is 2. The Kier molecular flexibility index (Phi) is 3.33. The van der Waals surface area contributed by atoms with Gasteiger partial charge in [-0.1, -0.05) is 6.07 Å². The van der Waals surface area contributed by atoms with Gasteiger partial charge in [-0.05, 0) is 42.5 Å². The molecule has 3 N–H and O–H groups in total. The number of nitrogens with two attached hydrogens (primary N) is 1. The third-order valence-corrected chi connectivity index (χ3v) is 2.46. The number of fused-ring (bicyclic) bond motifs is 1. The van der Waals surface area contributed by atoms with Gasteiger partial charge in [-0.25, -0.2) is 0 Å². The van der Waals surface area contributed by atoms with Gasteiger partial charge in [-0.3, -0.25) is 0 Å². The number of rotatable bonds is 0. The Bertz CT molecular complexity index is 301. The van der Waals surface area contributed by atoms with Gasteiger partial charge in [-0.15, -0.1) is 17.0 Å². The monoisotopic (exact) mass is 243 g/mol. The van der Waals surface area contributed by atoms with Gasteiger partial charge in [0.15, 0.2) is 0 Å². The summed E-state index contributed by atoms with van der Waals surface area (Å²) >= 11 is 0. The van der Waals surface area contributed by atoms with Crippen molar-refractivity contribution in [3.63, 3.8) is 0 Å². The molecule has 0 saturated carbocycles. The molecular formula is C10H14BrNO. The topological polar surface area (TPSA) is 46.2 Å². The highest BCUT2D eigenvalue weighted by Gasteiger charge is 2.14. The van der Waals surface area contributed by atoms with Crippen LogP contribution in [0.5, 0.6) is 5.75 Å². The highest BCUT2D eigenvalue weighted by atomic mass is 79.9. The SMILES string of the molecule is Br.NC1CCc2cc(O)ccc2C1. The first-order valence-corrected chi connectivity index (χ1v) is 4.32. The maximum atomic E-state index is 9.22. The molecule has 0 amide bonds. The van der Waals surface area contributed by atoms with E-state index < -0.39 is 0 Å². The largest absolute Gasteiger partial charge is 0.508 e. The number of aryl methyl sites for hydroxylation is 1. The van der Waals surface area contributed by atoms with E-state index in [-0.39, 0.29) is 17.0 Å². The fourth-order valence-corrected chi connectivity index (χ4v) is 1.77. The second kappa shape index (κ2) is 4.11. The quantitative estimate of drug-likeness (QED) is 0.730. The van der Waals surface area contributed by atoms with Crippen LogP contribution < -0.4 is 5.73 Å². The molecule has 1 aromatic rings. The van der Waals surface area contributed by atoms with E-state index in [4.69, 9.17) is 5.73 Å². The molecule has 0 spiro atoms. The first-order chi connectivity index (χ1) is 5.75. The van der Waals surface area contributed by atoms with Crippen LogP contribution in [0.1, 0.15) is 17.5 Å². The second-order valence-electron chi connectivity index (χ2n) is 3.46. The first-order valence-electron chi connectivity index (χ1n) is 4.32. The molecule has 0 aromatic heterocycles. The van der Waals surface area contributed by atoms with E-state index >= 15 is 0 Å². The van der Waals surface area contributed by atoms with Crippen molar-refractivity contribution in [2.45, 2.75) is 25.3 Å². The summed E-state index contributed by atoms with van der Waals surface area (Å²) in [4.78, 5) is 0. The molecule has 2 rings (SSSR count). The predicted octanol–water partition coefficient (Wildman–Crippen LogP) is 1.79. The average molecular weight is 244 g/mol. The summed E-state index contributed by atoms with van der Waals surface area (Å²) in [6.07, 6.45) is 3.00. The molecule has 1 unspecified atom stereocenters. The summed E-state index contributed by atoms with van der Waals surface area (Å²) in [6.45, 7) is 0. The summed E-state index contributed by atoms with van der Waals surface area (Å²) < 4.78 is 0. The molecular weight excluding hydrogens is 230 g/mol. The third-order valence-electron chi connectivity index (χ3n) is 2.46. The lowest BCUT2D eigenvalue weighted by molar-refractivity contribution is 0.472. The lowest BCUT2D eigenvalue weighted by Crippen LogP contribution is -2.27. The number of phenols is 1. The molecule has 1 aliphatic carbocycles. The Morgan fingerprint density at radius 2 is 2.08 bits per heavy atom. The zero-order valence-corrected chi connectivity index (χ0v) is 9.08. The van der Waals surface area contributed by atoms with Crippen molar-refractivity contribution >= 4 is 17.0 Å². The molecule has 0 radical (unpaired) electrons. The molecule has 0 aliphatic heterocycles. The van der Waals surface area contributed by atoms with Crippen LogP contribution in [0.4, 0.5) is 0 Å². The molecule has 0 saturated heterocycles. The smallest absolute Gasteiger partial charge is 0.115 e. The molecule has 3 heteroatoms. The Hall–Kier alpha value is -0.540. The van der Waals surface area contributed by atoms with Crippen LogP contribution in [-0.2, 0) is 12.8 Å². The van der Waals surface area contributed by atoms with Crippen molar-refractivity contribution in [2.75, 3.05) is 0 Å². The van der Waals surface area contributed by atoms with Crippen molar-refractivity contribution in [1.82, 2.24) is 0 Å². The van der Waals surface area contributed by atoms with Crippen molar-refractivity contribution in [2.24, 2.45) is 5.73 Å². The van der Waals surface area contributed by atoms with Gasteiger partial charge in [0, 0.05) is 6.04 Å². The van der Waals surface area contributed by atoms with Gasteiger partial charge < -0.3 is 10.8 Å². The lowest BCUT2D eigenvalue weighted by atomic mass is 9.89. The Balaban J connectivity index is 0.000000845. The number of benzene rings is 1. The van der Waals surface area contributed by atoms with Crippen molar-refractivity contribution < 1.29 is 5.11 Å².